The lowest BCUT2D eigenvalue weighted by Gasteiger charge is -2.33. The Morgan fingerprint density at radius 1 is 1.03 bits per heavy atom. The number of piperidine rings is 1. The minimum atomic E-state index is -0.237. The van der Waals surface area contributed by atoms with E-state index in [-0.39, 0.29) is 23.8 Å². The van der Waals surface area contributed by atoms with Gasteiger partial charge in [-0.3, -0.25) is 14.6 Å². The Bertz CT molecular complexity index is 1380. The molecule has 0 bridgehead atoms. The van der Waals surface area contributed by atoms with Crippen molar-refractivity contribution in [1.82, 2.24) is 15.2 Å². The van der Waals surface area contributed by atoms with Crippen molar-refractivity contribution >= 4 is 22.6 Å². The molecule has 1 aliphatic rings. The van der Waals surface area contributed by atoms with Crippen molar-refractivity contribution < 1.29 is 14.3 Å². The Hall–Kier alpha value is -4.19. The summed E-state index contributed by atoms with van der Waals surface area (Å²) in [7, 11) is 0. The molecule has 1 fully saturated rings. The molecule has 1 aromatic heterocycles. The number of fused-ring (bicyclic) bond motifs is 1. The number of nitrogens with zero attached hydrogens (tertiary/aromatic N) is 2. The van der Waals surface area contributed by atoms with E-state index in [0.29, 0.717) is 25.3 Å². The van der Waals surface area contributed by atoms with E-state index >= 15 is 0 Å². The van der Waals surface area contributed by atoms with Crippen LogP contribution in [0.2, 0.25) is 0 Å². The smallest absolute Gasteiger partial charge is 0.254 e. The minimum Gasteiger partial charge on any atom is -0.487 e. The van der Waals surface area contributed by atoms with Crippen molar-refractivity contribution in [2.24, 2.45) is 5.92 Å². The molecule has 0 aliphatic carbocycles. The van der Waals surface area contributed by atoms with Crippen LogP contribution in [0.25, 0.3) is 10.8 Å². The number of pyridine rings is 1. The molecule has 0 saturated carbocycles. The van der Waals surface area contributed by atoms with Crippen molar-refractivity contribution in [2.75, 3.05) is 13.1 Å². The van der Waals surface area contributed by atoms with E-state index in [9.17, 15) is 9.59 Å². The van der Waals surface area contributed by atoms with Gasteiger partial charge in [-0.1, -0.05) is 54.6 Å². The Morgan fingerprint density at radius 3 is 2.70 bits per heavy atom. The highest BCUT2D eigenvalue weighted by Gasteiger charge is 2.30. The third-order valence-electron chi connectivity index (χ3n) is 6.93. The number of ether oxygens (including phenoxy) is 1. The predicted molar refractivity (Wildman–Crippen MR) is 144 cm³/mol. The van der Waals surface area contributed by atoms with E-state index in [1.54, 1.807) is 6.20 Å². The van der Waals surface area contributed by atoms with Gasteiger partial charge in [-0.05, 0) is 66.4 Å². The van der Waals surface area contributed by atoms with Crippen LogP contribution in [0.15, 0.2) is 91.1 Å². The summed E-state index contributed by atoms with van der Waals surface area (Å²) in [5, 5.41) is 5.14. The van der Waals surface area contributed by atoms with Gasteiger partial charge in [0.2, 0.25) is 5.91 Å². The average Bonchev–Trinajstić information content (AvgIpc) is 2.96. The van der Waals surface area contributed by atoms with E-state index < -0.39 is 0 Å². The molecule has 188 valence electrons. The number of rotatable bonds is 7. The quantitative estimate of drug-likeness (QED) is 0.367. The van der Waals surface area contributed by atoms with Gasteiger partial charge in [-0.15, -0.1) is 0 Å². The summed E-state index contributed by atoms with van der Waals surface area (Å²) < 4.78 is 5.90. The molecule has 0 spiro atoms. The summed E-state index contributed by atoms with van der Waals surface area (Å²) in [6.45, 7) is 3.44. The predicted octanol–water partition coefficient (Wildman–Crippen LogP) is 5.54. The number of hydrogen-bond donors (Lipinski definition) is 1. The fourth-order valence-electron chi connectivity index (χ4n) is 4.89. The molecule has 3 aromatic carbocycles. The number of likely N-dealkylation sites (tertiary alicyclic amines) is 1. The van der Waals surface area contributed by atoms with Gasteiger partial charge >= 0.3 is 0 Å². The van der Waals surface area contributed by atoms with Crippen LogP contribution in [0, 0.1) is 5.92 Å². The first kappa shape index (κ1) is 24.5. The lowest BCUT2D eigenvalue weighted by molar-refractivity contribution is -0.127. The number of carbonyl (C=O) groups is 2. The Balaban J connectivity index is 1.21. The monoisotopic (exact) mass is 493 g/mol. The van der Waals surface area contributed by atoms with Crippen LogP contribution in [0.3, 0.4) is 0 Å². The summed E-state index contributed by atoms with van der Waals surface area (Å²) in [5.74, 6) is 0.454. The Kier molecular flexibility index (Phi) is 7.45. The van der Waals surface area contributed by atoms with Crippen LogP contribution >= 0.6 is 0 Å². The topological polar surface area (TPSA) is 71.5 Å². The molecule has 1 saturated heterocycles. The zero-order valence-electron chi connectivity index (χ0n) is 21.0. The fraction of sp³-hybridized carbons (Fsp3) is 0.258. The summed E-state index contributed by atoms with van der Waals surface area (Å²) >= 11 is 0. The lowest BCUT2D eigenvalue weighted by Crippen LogP contribution is -2.45. The number of aromatic nitrogens is 1. The molecule has 2 unspecified atom stereocenters. The number of nitrogens with one attached hydrogen (secondary N) is 1. The minimum absolute atomic E-state index is 0.0138. The first-order chi connectivity index (χ1) is 18.1. The summed E-state index contributed by atoms with van der Waals surface area (Å²) in [6.07, 6.45) is 3.32. The average molecular weight is 494 g/mol. The van der Waals surface area contributed by atoms with Crippen LogP contribution in [0.5, 0.6) is 5.75 Å². The van der Waals surface area contributed by atoms with E-state index in [0.717, 1.165) is 40.6 Å². The van der Waals surface area contributed by atoms with Crippen LogP contribution in [0.4, 0.5) is 0 Å². The third-order valence-corrected chi connectivity index (χ3v) is 6.93. The van der Waals surface area contributed by atoms with Crippen LogP contribution in [-0.2, 0) is 11.4 Å². The van der Waals surface area contributed by atoms with Crippen LogP contribution in [0.1, 0.15) is 47.4 Å². The SMILES string of the molecule is CC(NC(=O)C1CCCN(C(=O)c2cccc3ccccc23)C1)c1cccc(OCc2ccccn2)c1. The zero-order valence-corrected chi connectivity index (χ0v) is 21.0. The van der Waals surface area contributed by atoms with Gasteiger partial charge in [-0.2, -0.15) is 0 Å². The Labute approximate surface area is 217 Å². The van der Waals surface area contributed by atoms with Gasteiger partial charge in [-0.25, -0.2) is 0 Å². The van der Waals surface area contributed by atoms with Gasteiger partial charge < -0.3 is 15.0 Å². The summed E-state index contributed by atoms with van der Waals surface area (Å²) in [6, 6.07) is 27.0. The molecule has 6 heteroatoms. The second kappa shape index (κ2) is 11.2. The molecular formula is C31H31N3O3. The van der Waals surface area contributed by atoms with E-state index in [2.05, 4.69) is 10.3 Å². The highest BCUT2D eigenvalue weighted by atomic mass is 16.5. The van der Waals surface area contributed by atoms with Crippen molar-refractivity contribution in [3.8, 4) is 5.75 Å². The van der Waals surface area contributed by atoms with Crippen LogP contribution in [-0.4, -0.2) is 34.8 Å². The van der Waals surface area contributed by atoms with E-state index in [1.807, 2.05) is 96.8 Å². The van der Waals surface area contributed by atoms with Crippen molar-refractivity contribution in [1.29, 1.82) is 0 Å². The van der Waals surface area contributed by atoms with Gasteiger partial charge in [0.25, 0.3) is 5.91 Å². The fourth-order valence-corrected chi connectivity index (χ4v) is 4.89. The summed E-state index contributed by atoms with van der Waals surface area (Å²) in [5.41, 5.74) is 2.51. The lowest BCUT2D eigenvalue weighted by atomic mass is 9.95. The molecule has 2 atom stereocenters. The molecule has 2 amide bonds. The molecule has 6 nitrogen and oxygen atoms in total. The molecule has 0 radical (unpaired) electrons. The third kappa shape index (κ3) is 5.80. The standard InChI is InChI=1S/C31H31N3O3/c1-22(24-11-6-14-27(19-24)37-21-26-13-4-5-17-32-26)33-30(35)25-12-8-18-34(20-25)31(36)29-16-7-10-23-9-2-3-15-28(23)29/h2-7,9-11,13-17,19,22,25H,8,12,18,20-21H2,1H3,(H,33,35). The zero-order chi connectivity index (χ0) is 25.6. The highest BCUT2D eigenvalue weighted by Crippen LogP contribution is 2.25. The van der Waals surface area contributed by atoms with Gasteiger partial charge in [0.05, 0.1) is 17.7 Å². The van der Waals surface area contributed by atoms with Gasteiger partial charge in [0, 0.05) is 24.8 Å². The first-order valence-corrected chi connectivity index (χ1v) is 12.8. The van der Waals surface area contributed by atoms with Crippen LogP contribution < -0.4 is 10.1 Å². The highest BCUT2D eigenvalue weighted by molar-refractivity contribution is 6.07. The number of benzene rings is 3. The molecule has 37 heavy (non-hydrogen) atoms. The van der Waals surface area contributed by atoms with Gasteiger partial charge in [0.15, 0.2) is 0 Å². The molecule has 1 aliphatic heterocycles. The normalized spacial score (nSPS) is 16.2. The number of amides is 2. The molecule has 2 heterocycles. The Morgan fingerprint density at radius 2 is 1.84 bits per heavy atom. The summed E-state index contributed by atoms with van der Waals surface area (Å²) in [4.78, 5) is 32.7. The maximum atomic E-state index is 13.4. The van der Waals surface area contributed by atoms with Crippen molar-refractivity contribution in [3.05, 3.63) is 108 Å². The van der Waals surface area contributed by atoms with E-state index in [1.165, 1.54) is 0 Å². The molecule has 1 N–H and O–H groups in total. The maximum absolute atomic E-state index is 13.4. The molecule has 5 rings (SSSR count). The second-order valence-corrected chi connectivity index (χ2v) is 9.53. The number of hydrogen-bond acceptors (Lipinski definition) is 4. The van der Waals surface area contributed by atoms with E-state index in [4.69, 9.17) is 4.74 Å². The van der Waals surface area contributed by atoms with Crippen molar-refractivity contribution in [2.45, 2.75) is 32.4 Å². The molecule has 4 aromatic rings. The molecular weight excluding hydrogens is 462 g/mol. The number of carbonyl (C=O) groups excluding carboxylic acids is 2. The largest absolute Gasteiger partial charge is 0.487 e. The van der Waals surface area contributed by atoms with Crippen molar-refractivity contribution in [3.63, 3.8) is 0 Å². The second-order valence-electron chi connectivity index (χ2n) is 9.53. The maximum Gasteiger partial charge on any atom is 0.254 e. The first-order valence-electron chi connectivity index (χ1n) is 12.8. The van der Waals surface area contributed by atoms with Gasteiger partial charge in [0.1, 0.15) is 12.4 Å².